The van der Waals surface area contributed by atoms with Crippen LogP contribution >= 0.6 is 0 Å². The maximum absolute atomic E-state index is 11.9. The largest absolute Gasteiger partial charge is 0.405 e. The van der Waals surface area contributed by atoms with E-state index in [0.29, 0.717) is 11.2 Å². The molecule has 3 rings (SSSR count). The lowest BCUT2D eigenvalue weighted by Crippen LogP contribution is -2.55. The highest BCUT2D eigenvalue weighted by atomic mass is 28.4. The Morgan fingerprint density at radius 1 is 1.22 bits per heavy atom. The molecule has 0 bridgehead atoms. The van der Waals surface area contributed by atoms with Crippen LogP contribution < -0.4 is 5.73 Å². The van der Waals surface area contributed by atoms with E-state index >= 15 is 0 Å². The molecule has 11 heteroatoms. The number of imidazole rings is 1. The Morgan fingerprint density at radius 3 is 2.44 bits per heavy atom. The summed E-state index contributed by atoms with van der Waals surface area (Å²) in [5, 5.41) is 21.9. The normalized spacial score (nSPS) is 26.9. The molecule has 1 aliphatic rings. The summed E-state index contributed by atoms with van der Waals surface area (Å²) >= 11 is 0. The summed E-state index contributed by atoms with van der Waals surface area (Å²) in [7, 11) is -4.22. The van der Waals surface area contributed by atoms with Crippen molar-refractivity contribution in [3.63, 3.8) is 0 Å². The predicted octanol–water partition coefficient (Wildman–Crippen LogP) is 2.30. The fourth-order valence-electron chi connectivity index (χ4n) is 3.28. The van der Waals surface area contributed by atoms with E-state index in [4.69, 9.17) is 14.9 Å². The minimum Gasteiger partial charge on any atom is -0.405 e. The van der Waals surface area contributed by atoms with Gasteiger partial charge in [0.15, 0.2) is 31.6 Å². The number of hydrogen-bond acceptors (Lipinski definition) is 8. The van der Waals surface area contributed by atoms with Crippen LogP contribution in [0.3, 0.4) is 0 Å². The Kier molecular flexibility index (Phi) is 6.36. The molecule has 4 atom stereocenters. The van der Waals surface area contributed by atoms with Crippen LogP contribution in [0.1, 0.15) is 27.0 Å². The van der Waals surface area contributed by atoms with Crippen LogP contribution in [0.15, 0.2) is 12.7 Å². The van der Waals surface area contributed by atoms with Crippen LogP contribution in [0.5, 0.6) is 0 Å². The zero-order valence-electron chi connectivity index (χ0n) is 20.2. The van der Waals surface area contributed by atoms with Crippen molar-refractivity contribution in [2.45, 2.75) is 82.6 Å². The van der Waals surface area contributed by atoms with Gasteiger partial charge in [0, 0.05) is 0 Å². The topological polar surface area (TPSA) is 129 Å². The standard InChI is InChI=1S/C21H35N5O4Si2/c1-20(2,3)32(7,8)30-16-19(26-13-25-15-17(22)23-12-24-18(15)26)29-14(11-27)21(16,28)9-10-31(4,5)6/h12-14,16,19,27-28H,11H2,1-8H3,(H2,22,23,24)/t14-,16+,19-,21-/m1/s1. The van der Waals surface area contributed by atoms with E-state index < -0.39 is 47.0 Å². The zero-order chi connectivity index (χ0) is 24.1. The van der Waals surface area contributed by atoms with Crippen LogP contribution in [0.2, 0.25) is 37.8 Å². The second-order valence-electron chi connectivity index (χ2n) is 10.9. The molecule has 2 aromatic heterocycles. The number of aliphatic hydroxyl groups excluding tert-OH is 1. The lowest BCUT2D eigenvalue weighted by atomic mass is 9.93. The second-order valence-corrected chi connectivity index (χ2v) is 20.4. The summed E-state index contributed by atoms with van der Waals surface area (Å²) in [5.74, 6) is 3.31. The first-order valence-corrected chi connectivity index (χ1v) is 17.2. The molecular weight excluding hydrogens is 442 g/mol. The molecule has 1 aliphatic heterocycles. The summed E-state index contributed by atoms with van der Waals surface area (Å²) in [5.41, 5.74) is 8.41. The number of nitrogen functional groups attached to an aromatic ring is 1. The summed E-state index contributed by atoms with van der Waals surface area (Å²) in [6.07, 6.45) is 0.284. The van der Waals surface area contributed by atoms with Crippen molar-refractivity contribution in [1.82, 2.24) is 19.5 Å². The van der Waals surface area contributed by atoms with Crippen LogP contribution in [-0.4, -0.2) is 70.5 Å². The fraction of sp³-hybridized carbons (Fsp3) is 0.667. The summed E-state index contributed by atoms with van der Waals surface area (Å²) in [4.78, 5) is 12.7. The number of aromatic nitrogens is 4. The van der Waals surface area contributed by atoms with E-state index in [0.717, 1.165) is 0 Å². The number of aliphatic hydroxyl groups is 2. The van der Waals surface area contributed by atoms with E-state index in [9.17, 15) is 10.2 Å². The average molecular weight is 478 g/mol. The number of anilines is 1. The lowest BCUT2D eigenvalue weighted by Gasteiger charge is -2.42. The molecule has 1 fully saturated rings. The highest BCUT2D eigenvalue weighted by Gasteiger charge is 2.59. The van der Waals surface area contributed by atoms with Crippen LogP contribution in [0.4, 0.5) is 5.82 Å². The van der Waals surface area contributed by atoms with Crippen molar-refractivity contribution in [3.8, 4) is 11.5 Å². The molecule has 4 N–H and O–H groups in total. The van der Waals surface area contributed by atoms with E-state index in [1.165, 1.54) is 6.33 Å². The average Bonchev–Trinajstić information content (AvgIpc) is 3.20. The molecule has 176 valence electrons. The third kappa shape index (κ3) is 4.48. The van der Waals surface area contributed by atoms with E-state index in [1.54, 1.807) is 10.9 Å². The maximum Gasteiger partial charge on any atom is 0.192 e. The maximum atomic E-state index is 11.9. The highest BCUT2D eigenvalue weighted by molar-refractivity contribution is 6.83. The SMILES string of the molecule is CC(C)(C)[Si](C)(C)O[C@H]1[C@H](n2cnc3c(N)ncnc32)O[C@H](CO)[C@]1(O)C#C[Si](C)(C)C. The van der Waals surface area contributed by atoms with Gasteiger partial charge >= 0.3 is 0 Å². The number of nitrogens with zero attached hydrogens (tertiary/aromatic N) is 4. The molecular formula is C21H35N5O4Si2. The summed E-state index contributed by atoms with van der Waals surface area (Å²) in [6, 6.07) is 0. The first kappa shape index (κ1) is 24.8. The van der Waals surface area contributed by atoms with Crippen molar-refractivity contribution in [3.05, 3.63) is 12.7 Å². The Labute approximate surface area is 191 Å². The molecule has 1 saturated heterocycles. The van der Waals surface area contributed by atoms with Crippen molar-refractivity contribution in [2.75, 3.05) is 12.3 Å². The molecule has 0 amide bonds. The van der Waals surface area contributed by atoms with Gasteiger partial charge in [0.2, 0.25) is 0 Å². The van der Waals surface area contributed by atoms with Gasteiger partial charge in [-0.3, -0.25) is 4.57 Å². The lowest BCUT2D eigenvalue weighted by molar-refractivity contribution is -0.0605. The Morgan fingerprint density at radius 2 is 1.88 bits per heavy atom. The third-order valence-electron chi connectivity index (χ3n) is 6.18. The van der Waals surface area contributed by atoms with Gasteiger partial charge in [0.05, 0.1) is 12.9 Å². The Hall–Kier alpha value is -1.82. The third-order valence-corrected chi connectivity index (χ3v) is 11.5. The Balaban J connectivity index is 2.18. The quantitative estimate of drug-likeness (QED) is 0.452. The minimum atomic E-state index is -2.38. The molecule has 9 nitrogen and oxygen atoms in total. The molecule has 0 aromatic carbocycles. The van der Waals surface area contributed by atoms with Crippen molar-refractivity contribution in [1.29, 1.82) is 0 Å². The van der Waals surface area contributed by atoms with Crippen molar-refractivity contribution >= 4 is 33.4 Å². The number of fused-ring (bicyclic) bond motifs is 1. The summed E-state index contributed by atoms with van der Waals surface area (Å²) in [6.45, 7) is 16.5. The van der Waals surface area contributed by atoms with Crippen molar-refractivity contribution in [2.24, 2.45) is 0 Å². The first-order valence-electron chi connectivity index (χ1n) is 10.7. The number of hydrogen-bond donors (Lipinski definition) is 3. The van der Waals surface area contributed by atoms with Gasteiger partial charge < -0.3 is 25.1 Å². The van der Waals surface area contributed by atoms with Crippen LogP contribution in [0.25, 0.3) is 11.2 Å². The smallest absolute Gasteiger partial charge is 0.192 e. The minimum absolute atomic E-state index is 0.119. The van der Waals surface area contributed by atoms with E-state index in [-0.39, 0.29) is 10.9 Å². The van der Waals surface area contributed by atoms with Gasteiger partial charge in [-0.25, -0.2) is 15.0 Å². The van der Waals surface area contributed by atoms with Gasteiger partial charge in [-0.05, 0) is 18.1 Å². The molecule has 0 aliphatic carbocycles. The Bertz CT molecular complexity index is 1050. The zero-order valence-corrected chi connectivity index (χ0v) is 22.2. The van der Waals surface area contributed by atoms with Gasteiger partial charge in [-0.15, -0.1) is 5.54 Å². The van der Waals surface area contributed by atoms with Crippen molar-refractivity contribution < 1.29 is 19.4 Å². The summed E-state index contributed by atoms with van der Waals surface area (Å²) < 4.78 is 14.6. The number of nitrogens with two attached hydrogens (primary N) is 1. The second kappa shape index (κ2) is 8.20. The number of ether oxygens (including phenoxy) is 1. The van der Waals surface area contributed by atoms with E-state index in [2.05, 4.69) is 79.9 Å². The van der Waals surface area contributed by atoms with Gasteiger partial charge in [-0.2, -0.15) is 0 Å². The first-order chi connectivity index (χ1) is 14.6. The van der Waals surface area contributed by atoms with Gasteiger partial charge in [0.1, 0.15) is 32.1 Å². The van der Waals surface area contributed by atoms with Crippen LogP contribution in [-0.2, 0) is 9.16 Å². The number of rotatable bonds is 4. The predicted molar refractivity (Wildman–Crippen MR) is 129 cm³/mol. The highest BCUT2D eigenvalue weighted by Crippen LogP contribution is 2.45. The molecule has 0 spiro atoms. The molecule has 32 heavy (non-hydrogen) atoms. The van der Waals surface area contributed by atoms with E-state index in [1.807, 2.05) is 0 Å². The fourth-order valence-corrected chi connectivity index (χ4v) is 5.14. The molecule has 0 radical (unpaired) electrons. The van der Waals surface area contributed by atoms with Gasteiger partial charge in [0.25, 0.3) is 0 Å². The molecule has 0 unspecified atom stereocenters. The molecule has 2 aromatic rings. The monoisotopic (exact) mass is 477 g/mol. The molecule has 3 heterocycles. The van der Waals surface area contributed by atoms with Crippen LogP contribution in [0, 0.1) is 11.5 Å². The van der Waals surface area contributed by atoms with Gasteiger partial charge in [-0.1, -0.05) is 46.3 Å². The molecule has 0 saturated carbocycles.